The minimum Gasteiger partial charge on any atom is -0.408 e. The monoisotopic (exact) mass is 267 g/mol. The fourth-order valence-electron chi connectivity index (χ4n) is 2.01. The van der Waals surface area contributed by atoms with Gasteiger partial charge in [0, 0.05) is 27.8 Å². The minimum atomic E-state index is -1.04. The number of aromatic nitrogens is 1. The van der Waals surface area contributed by atoms with Gasteiger partial charge in [0.25, 0.3) is 5.97 Å². The molecule has 0 radical (unpaired) electrons. The summed E-state index contributed by atoms with van der Waals surface area (Å²) >= 11 is 0. The molecule has 6 heteroatoms. The number of H-pyrrole nitrogens is 1. The van der Waals surface area contributed by atoms with Crippen LogP contribution in [-0.2, 0) is 20.6 Å². The van der Waals surface area contributed by atoms with Crippen LogP contribution < -0.4 is 5.76 Å². The van der Waals surface area contributed by atoms with Crippen molar-refractivity contribution in [3.8, 4) is 0 Å². The molecule has 0 atom stereocenters. The molecular formula is C13H17NO5. The zero-order chi connectivity index (χ0) is 13.9. The number of rotatable bonds is 6. The highest BCUT2D eigenvalue weighted by Crippen LogP contribution is 2.21. The first kappa shape index (κ1) is 13.8. The van der Waals surface area contributed by atoms with Gasteiger partial charge < -0.3 is 18.6 Å². The molecule has 0 fully saturated rings. The van der Waals surface area contributed by atoms with Gasteiger partial charge in [0.1, 0.15) is 0 Å². The van der Waals surface area contributed by atoms with Gasteiger partial charge in [-0.25, -0.2) is 4.79 Å². The molecule has 1 aromatic heterocycles. The Labute approximate surface area is 110 Å². The predicted octanol–water partition coefficient (Wildman–Crippen LogP) is 1.65. The lowest BCUT2D eigenvalue weighted by Crippen LogP contribution is -2.36. The molecule has 6 nitrogen and oxygen atoms in total. The van der Waals surface area contributed by atoms with E-state index in [1.54, 1.807) is 6.07 Å². The predicted molar refractivity (Wildman–Crippen MR) is 68.9 cm³/mol. The molecule has 0 unspecified atom stereocenters. The molecule has 0 aliphatic carbocycles. The van der Waals surface area contributed by atoms with Gasteiger partial charge in [-0.2, -0.15) is 0 Å². The second-order valence-corrected chi connectivity index (χ2v) is 4.14. The Morgan fingerprint density at radius 3 is 2.53 bits per heavy atom. The van der Waals surface area contributed by atoms with Crippen LogP contribution in [-0.4, -0.2) is 32.3 Å². The van der Waals surface area contributed by atoms with E-state index in [0.29, 0.717) is 23.9 Å². The number of hydrogen-bond acceptors (Lipinski definition) is 5. The van der Waals surface area contributed by atoms with Crippen molar-refractivity contribution in [1.82, 2.24) is 4.98 Å². The number of aryl methyl sites for hydroxylation is 1. The Balaban J connectivity index is 2.15. The quantitative estimate of drug-likeness (QED) is 0.805. The Morgan fingerprint density at radius 2 is 1.89 bits per heavy atom. The van der Waals surface area contributed by atoms with Crippen LogP contribution in [0.15, 0.2) is 27.4 Å². The number of nitrogens with one attached hydrogen (secondary N) is 1. The molecule has 1 heterocycles. The summed E-state index contributed by atoms with van der Waals surface area (Å²) in [6, 6.07) is 5.52. The summed E-state index contributed by atoms with van der Waals surface area (Å²) in [7, 11) is 4.59. The van der Waals surface area contributed by atoms with E-state index in [1.807, 2.05) is 12.1 Å². The first-order valence-electron chi connectivity index (χ1n) is 5.89. The van der Waals surface area contributed by atoms with E-state index in [4.69, 9.17) is 18.6 Å². The molecule has 19 heavy (non-hydrogen) atoms. The van der Waals surface area contributed by atoms with Crippen LogP contribution in [0.3, 0.4) is 0 Å². The highest BCUT2D eigenvalue weighted by Gasteiger charge is 2.28. The lowest BCUT2D eigenvalue weighted by molar-refractivity contribution is -0.354. The van der Waals surface area contributed by atoms with Crippen molar-refractivity contribution in [3.63, 3.8) is 0 Å². The van der Waals surface area contributed by atoms with Gasteiger partial charge in [-0.15, -0.1) is 0 Å². The van der Waals surface area contributed by atoms with Crippen molar-refractivity contribution in [2.45, 2.75) is 18.8 Å². The summed E-state index contributed by atoms with van der Waals surface area (Å²) < 4.78 is 20.6. The van der Waals surface area contributed by atoms with Gasteiger partial charge in [0.15, 0.2) is 5.58 Å². The van der Waals surface area contributed by atoms with Gasteiger partial charge in [-0.05, 0) is 24.1 Å². The molecule has 1 aromatic carbocycles. The summed E-state index contributed by atoms with van der Waals surface area (Å²) in [5, 5.41) is 0. The van der Waals surface area contributed by atoms with Gasteiger partial charge in [0.2, 0.25) is 0 Å². The minimum absolute atomic E-state index is 0.452. The third-order valence-corrected chi connectivity index (χ3v) is 3.14. The van der Waals surface area contributed by atoms with Gasteiger partial charge in [-0.1, -0.05) is 6.07 Å². The van der Waals surface area contributed by atoms with E-state index in [1.165, 1.54) is 21.3 Å². The summed E-state index contributed by atoms with van der Waals surface area (Å²) in [5.41, 5.74) is 2.26. The maximum Gasteiger partial charge on any atom is 0.417 e. The third-order valence-electron chi connectivity index (χ3n) is 3.14. The molecule has 2 rings (SSSR count). The molecule has 0 bridgehead atoms. The first-order valence-corrected chi connectivity index (χ1v) is 5.89. The average molecular weight is 267 g/mol. The Kier molecular flexibility index (Phi) is 4.04. The Bertz CT molecular complexity index is 588. The second kappa shape index (κ2) is 5.56. The van der Waals surface area contributed by atoms with Crippen molar-refractivity contribution in [1.29, 1.82) is 0 Å². The first-order chi connectivity index (χ1) is 9.12. The molecule has 0 amide bonds. The highest BCUT2D eigenvalue weighted by atomic mass is 16.9. The number of oxazole rings is 1. The molecule has 0 aliphatic heterocycles. The second-order valence-electron chi connectivity index (χ2n) is 4.14. The zero-order valence-corrected chi connectivity index (χ0v) is 11.2. The highest BCUT2D eigenvalue weighted by molar-refractivity contribution is 5.72. The standard InChI is InChI=1S/C13H17NO5/c1-16-13(17-2,18-3)7-6-9-4-5-11-10(8-9)14-12(15)19-11/h4-5,8H,6-7H2,1-3H3,(H,14,15). The summed E-state index contributed by atoms with van der Waals surface area (Å²) in [4.78, 5) is 13.7. The maximum atomic E-state index is 11.1. The number of fused-ring (bicyclic) bond motifs is 1. The van der Waals surface area contributed by atoms with Crippen LogP contribution in [0.2, 0.25) is 0 Å². The third kappa shape index (κ3) is 2.86. The Hall–Kier alpha value is -1.63. The summed E-state index contributed by atoms with van der Waals surface area (Å²) in [6.07, 6.45) is 1.21. The van der Waals surface area contributed by atoms with Crippen LogP contribution in [0.1, 0.15) is 12.0 Å². The van der Waals surface area contributed by atoms with Crippen molar-refractivity contribution >= 4 is 11.1 Å². The van der Waals surface area contributed by atoms with E-state index in [9.17, 15) is 4.79 Å². The fourth-order valence-corrected chi connectivity index (χ4v) is 2.01. The lowest BCUT2D eigenvalue weighted by atomic mass is 10.1. The molecular weight excluding hydrogens is 250 g/mol. The molecule has 2 aromatic rings. The number of benzene rings is 1. The molecule has 1 N–H and O–H groups in total. The number of hydrogen-bond donors (Lipinski definition) is 1. The molecule has 0 aliphatic rings. The van der Waals surface area contributed by atoms with E-state index >= 15 is 0 Å². The molecule has 0 saturated heterocycles. The van der Waals surface area contributed by atoms with Crippen LogP contribution in [0, 0.1) is 0 Å². The molecule has 0 saturated carbocycles. The lowest BCUT2D eigenvalue weighted by Gasteiger charge is -2.28. The number of aromatic amines is 1. The Morgan fingerprint density at radius 1 is 1.21 bits per heavy atom. The van der Waals surface area contributed by atoms with E-state index in [2.05, 4.69) is 4.98 Å². The van der Waals surface area contributed by atoms with Gasteiger partial charge >= 0.3 is 5.76 Å². The smallest absolute Gasteiger partial charge is 0.408 e. The maximum absolute atomic E-state index is 11.1. The SMILES string of the molecule is COC(CCc1ccc2oc(=O)[nH]c2c1)(OC)OC. The van der Waals surface area contributed by atoms with Crippen LogP contribution >= 0.6 is 0 Å². The molecule has 0 spiro atoms. The van der Waals surface area contributed by atoms with Gasteiger partial charge in [0.05, 0.1) is 5.52 Å². The van der Waals surface area contributed by atoms with Crippen molar-refractivity contribution in [2.75, 3.05) is 21.3 Å². The van der Waals surface area contributed by atoms with Crippen molar-refractivity contribution < 1.29 is 18.6 Å². The average Bonchev–Trinajstić information content (AvgIpc) is 2.80. The van der Waals surface area contributed by atoms with Crippen LogP contribution in [0.25, 0.3) is 11.1 Å². The van der Waals surface area contributed by atoms with Crippen LogP contribution in [0.5, 0.6) is 0 Å². The van der Waals surface area contributed by atoms with Gasteiger partial charge in [-0.3, -0.25) is 4.98 Å². The van der Waals surface area contributed by atoms with E-state index < -0.39 is 11.7 Å². The summed E-state index contributed by atoms with van der Waals surface area (Å²) in [5.74, 6) is -1.49. The van der Waals surface area contributed by atoms with Crippen molar-refractivity contribution in [2.24, 2.45) is 0 Å². The topological polar surface area (TPSA) is 73.7 Å². The number of methoxy groups -OCH3 is 3. The van der Waals surface area contributed by atoms with E-state index in [-0.39, 0.29) is 0 Å². The normalized spacial score (nSPS) is 12.2. The summed E-state index contributed by atoms with van der Waals surface area (Å²) in [6.45, 7) is 0. The molecule has 104 valence electrons. The van der Waals surface area contributed by atoms with E-state index in [0.717, 1.165) is 5.56 Å². The largest absolute Gasteiger partial charge is 0.417 e. The van der Waals surface area contributed by atoms with Crippen molar-refractivity contribution in [3.05, 3.63) is 34.3 Å². The fraction of sp³-hybridized carbons (Fsp3) is 0.462. The zero-order valence-electron chi connectivity index (χ0n) is 11.2. The van der Waals surface area contributed by atoms with Crippen LogP contribution in [0.4, 0.5) is 0 Å². The number of ether oxygens (including phenoxy) is 3.